The van der Waals surface area contributed by atoms with Gasteiger partial charge in [0.05, 0.1) is 6.54 Å². The topological polar surface area (TPSA) is 51.1 Å². The van der Waals surface area contributed by atoms with Crippen molar-refractivity contribution in [2.45, 2.75) is 25.7 Å². The van der Waals surface area contributed by atoms with Gasteiger partial charge in [-0.15, -0.1) is 0 Å². The van der Waals surface area contributed by atoms with Gasteiger partial charge >= 0.3 is 0 Å². The number of Topliss-reactive ketones (excluding diaryl/α,β-unsaturated/α-hetero) is 1. The molecule has 0 radical (unpaired) electrons. The van der Waals surface area contributed by atoms with E-state index in [0.29, 0.717) is 12.0 Å². The number of ketones is 1. The largest absolute Gasteiger partial charge is 0.350 e. The highest BCUT2D eigenvalue weighted by molar-refractivity contribution is 5.99. The van der Waals surface area contributed by atoms with E-state index in [1.165, 1.54) is 16.5 Å². The summed E-state index contributed by atoms with van der Waals surface area (Å²) in [6.45, 7) is 0.0617. The molecule has 0 spiro atoms. The molecule has 1 heterocycles. The predicted octanol–water partition coefficient (Wildman–Crippen LogP) is 3.89. The van der Waals surface area contributed by atoms with Crippen LogP contribution in [0, 0.1) is 0 Å². The summed E-state index contributed by atoms with van der Waals surface area (Å²) in [5.41, 5.74) is 3.19. The maximum atomic E-state index is 12.0. The van der Waals surface area contributed by atoms with Crippen LogP contribution in [0.2, 0.25) is 0 Å². The Kier molecular flexibility index (Phi) is 5.84. The van der Waals surface area contributed by atoms with Crippen molar-refractivity contribution in [3.8, 4) is 0 Å². The number of carbonyl (C=O) groups excluding carboxylic acids is 2. The molecular formula is C22H24N2O2. The number of aryl methyl sites for hydroxylation is 2. The Morgan fingerprint density at radius 2 is 1.69 bits per heavy atom. The number of unbranched alkanes of at least 4 members (excludes halogenated alkanes) is 1. The zero-order valence-corrected chi connectivity index (χ0v) is 15.1. The van der Waals surface area contributed by atoms with Crippen LogP contribution in [-0.4, -0.2) is 22.8 Å². The van der Waals surface area contributed by atoms with Crippen LogP contribution in [0.25, 0.3) is 10.9 Å². The SMILES string of the molecule is Cn1cc(CCCCC(=O)NCC(=O)c2ccccc2)c2ccccc21. The fourth-order valence-corrected chi connectivity index (χ4v) is 3.22. The zero-order chi connectivity index (χ0) is 18.4. The average Bonchev–Trinajstić information content (AvgIpc) is 3.00. The molecule has 0 bridgehead atoms. The molecule has 0 atom stereocenters. The van der Waals surface area contributed by atoms with Crippen LogP contribution in [0.4, 0.5) is 0 Å². The molecule has 0 saturated heterocycles. The summed E-state index contributed by atoms with van der Waals surface area (Å²) in [6.07, 6.45) is 5.34. The van der Waals surface area contributed by atoms with E-state index in [9.17, 15) is 9.59 Å². The lowest BCUT2D eigenvalue weighted by Gasteiger charge is -2.05. The Balaban J connectivity index is 1.40. The highest BCUT2D eigenvalue weighted by Crippen LogP contribution is 2.22. The van der Waals surface area contributed by atoms with Crippen molar-refractivity contribution < 1.29 is 9.59 Å². The first-order valence-corrected chi connectivity index (χ1v) is 9.03. The summed E-state index contributed by atoms with van der Waals surface area (Å²) in [7, 11) is 2.06. The zero-order valence-electron chi connectivity index (χ0n) is 15.1. The van der Waals surface area contributed by atoms with E-state index in [2.05, 4.69) is 41.3 Å². The van der Waals surface area contributed by atoms with Crippen LogP contribution in [0.1, 0.15) is 35.2 Å². The van der Waals surface area contributed by atoms with E-state index in [-0.39, 0.29) is 18.2 Å². The van der Waals surface area contributed by atoms with E-state index in [1.807, 2.05) is 24.3 Å². The average molecular weight is 348 g/mol. The molecule has 0 aliphatic heterocycles. The number of carbonyl (C=O) groups is 2. The molecule has 26 heavy (non-hydrogen) atoms. The van der Waals surface area contributed by atoms with Gasteiger partial charge in [0, 0.05) is 36.1 Å². The van der Waals surface area contributed by atoms with Gasteiger partial charge in [-0.05, 0) is 30.9 Å². The van der Waals surface area contributed by atoms with Gasteiger partial charge in [-0.2, -0.15) is 0 Å². The quantitative estimate of drug-likeness (QED) is 0.496. The van der Waals surface area contributed by atoms with Crippen molar-refractivity contribution >= 4 is 22.6 Å². The minimum Gasteiger partial charge on any atom is -0.350 e. The molecule has 0 fully saturated rings. The van der Waals surface area contributed by atoms with E-state index in [1.54, 1.807) is 12.1 Å². The van der Waals surface area contributed by atoms with Crippen LogP contribution in [0.3, 0.4) is 0 Å². The lowest BCUT2D eigenvalue weighted by atomic mass is 10.1. The number of para-hydroxylation sites is 1. The van der Waals surface area contributed by atoms with Gasteiger partial charge in [0.25, 0.3) is 0 Å². The number of rotatable bonds is 8. The Morgan fingerprint density at radius 1 is 0.962 bits per heavy atom. The second kappa shape index (κ2) is 8.48. The smallest absolute Gasteiger partial charge is 0.220 e. The summed E-state index contributed by atoms with van der Waals surface area (Å²) in [4.78, 5) is 23.9. The van der Waals surface area contributed by atoms with Gasteiger partial charge in [0.15, 0.2) is 5.78 Å². The number of hydrogen-bond donors (Lipinski definition) is 1. The van der Waals surface area contributed by atoms with Crippen LogP contribution in [0.15, 0.2) is 60.8 Å². The van der Waals surface area contributed by atoms with Gasteiger partial charge < -0.3 is 9.88 Å². The molecule has 1 amide bonds. The van der Waals surface area contributed by atoms with E-state index in [4.69, 9.17) is 0 Å². The minimum absolute atomic E-state index is 0.0605. The Labute approximate surface area is 153 Å². The van der Waals surface area contributed by atoms with Crippen molar-refractivity contribution in [3.63, 3.8) is 0 Å². The third-order valence-electron chi connectivity index (χ3n) is 4.62. The number of hydrogen-bond acceptors (Lipinski definition) is 2. The molecule has 1 N–H and O–H groups in total. The molecule has 3 rings (SSSR count). The second-order valence-electron chi connectivity index (χ2n) is 6.56. The van der Waals surface area contributed by atoms with Gasteiger partial charge in [0.2, 0.25) is 5.91 Å². The number of amides is 1. The third-order valence-corrected chi connectivity index (χ3v) is 4.62. The summed E-state index contributed by atoms with van der Waals surface area (Å²) in [5, 5.41) is 4.01. The monoisotopic (exact) mass is 348 g/mol. The molecule has 0 unspecified atom stereocenters. The molecule has 1 aromatic heterocycles. The number of benzene rings is 2. The number of fused-ring (bicyclic) bond motifs is 1. The maximum Gasteiger partial charge on any atom is 0.220 e. The maximum absolute atomic E-state index is 12.0. The second-order valence-corrected chi connectivity index (χ2v) is 6.56. The van der Waals surface area contributed by atoms with Crippen LogP contribution in [-0.2, 0) is 18.3 Å². The van der Waals surface area contributed by atoms with Crippen LogP contribution >= 0.6 is 0 Å². The predicted molar refractivity (Wildman–Crippen MR) is 104 cm³/mol. The molecule has 0 saturated carbocycles. The molecule has 0 aliphatic rings. The van der Waals surface area contributed by atoms with Crippen molar-refractivity contribution in [2.75, 3.05) is 6.54 Å². The van der Waals surface area contributed by atoms with Crippen LogP contribution < -0.4 is 5.32 Å². The van der Waals surface area contributed by atoms with Gasteiger partial charge in [-0.25, -0.2) is 0 Å². The van der Waals surface area contributed by atoms with Crippen molar-refractivity contribution in [3.05, 3.63) is 71.9 Å². The van der Waals surface area contributed by atoms with Crippen LogP contribution in [0.5, 0.6) is 0 Å². The number of aromatic nitrogens is 1. The van der Waals surface area contributed by atoms with Gasteiger partial charge in [-0.3, -0.25) is 9.59 Å². The summed E-state index contributed by atoms with van der Waals surface area (Å²) in [5.74, 6) is -0.123. The molecule has 134 valence electrons. The normalized spacial score (nSPS) is 10.8. The summed E-state index contributed by atoms with van der Waals surface area (Å²) in [6, 6.07) is 17.4. The fraction of sp³-hybridized carbons (Fsp3) is 0.273. The lowest BCUT2D eigenvalue weighted by molar-refractivity contribution is -0.121. The number of nitrogens with one attached hydrogen (secondary N) is 1. The number of nitrogens with zero attached hydrogens (tertiary/aromatic N) is 1. The first-order chi connectivity index (χ1) is 12.6. The molecule has 2 aromatic carbocycles. The van der Waals surface area contributed by atoms with Crippen molar-refractivity contribution in [1.29, 1.82) is 0 Å². The third kappa shape index (κ3) is 4.39. The highest BCUT2D eigenvalue weighted by Gasteiger charge is 2.09. The Hall–Kier alpha value is -2.88. The summed E-state index contributed by atoms with van der Waals surface area (Å²) >= 11 is 0. The van der Waals surface area contributed by atoms with E-state index in [0.717, 1.165) is 19.3 Å². The van der Waals surface area contributed by atoms with Crippen molar-refractivity contribution in [2.24, 2.45) is 7.05 Å². The van der Waals surface area contributed by atoms with Gasteiger partial charge in [0.1, 0.15) is 0 Å². The Morgan fingerprint density at radius 3 is 2.50 bits per heavy atom. The molecule has 0 aliphatic carbocycles. The molecule has 4 nitrogen and oxygen atoms in total. The molecular weight excluding hydrogens is 324 g/mol. The fourth-order valence-electron chi connectivity index (χ4n) is 3.22. The Bertz CT molecular complexity index is 897. The standard InChI is InChI=1S/C22H24N2O2/c1-24-16-18(19-12-6-7-13-20(19)24)11-5-8-14-22(26)23-15-21(25)17-9-3-2-4-10-17/h2-4,6-7,9-10,12-13,16H,5,8,11,14-15H2,1H3,(H,23,26). The van der Waals surface area contributed by atoms with Crippen molar-refractivity contribution in [1.82, 2.24) is 9.88 Å². The van der Waals surface area contributed by atoms with Gasteiger partial charge in [-0.1, -0.05) is 48.5 Å². The summed E-state index contributed by atoms with van der Waals surface area (Å²) < 4.78 is 2.15. The van der Waals surface area contributed by atoms with E-state index >= 15 is 0 Å². The molecule has 4 heteroatoms. The van der Waals surface area contributed by atoms with E-state index < -0.39 is 0 Å². The highest BCUT2D eigenvalue weighted by atomic mass is 16.2. The molecule has 3 aromatic rings. The minimum atomic E-state index is -0.0628. The lowest BCUT2D eigenvalue weighted by Crippen LogP contribution is -2.29. The first kappa shape index (κ1) is 17.9. The first-order valence-electron chi connectivity index (χ1n) is 9.03.